The molecular formula is C12H27N3O. The van der Waals surface area contributed by atoms with E-state index >= 15 is 0 Å². The van der Waals surface area contributed by atoms with Gasteiger partial charge in [0.15, 0.2) is 0 Å². The first-order chi connectivity index (χ1) is 7.49. The molecule has 0 rings (SSSR count). The Balaban J connectivity index is 3.70. The first kappa shape index (κ1) is 15.2. The number of rotatable bonds is 7. The summed E-state index contributed by atoms with van der Waals surface area (Å²) < 4.78 is 0. The van der Waals surface area contributed by atoms with Gasteiger partial charge in [0, 0.05) is 26.2 Å². The molecule has 0 aliphatic carbocycles. The topological polar surface area (TPSA) is 58.4 Å². The Hall–Kier alpha value is -0.770. The summed E-state index contributed by atoms with van der Waals surface area (Å²) in [6.07, 6.45) is 2.99. The summed E-state index contributed by atoms with van der Waals surface area (Å²) >= 11 is 0. The SMILES string of the molecule is CCCCNC(=O)N(C)CCC(N)C(C)C. The lowest BCUT2D eigenvalue weighted by Gasteiger charge is -2.21. The molecule has 0 saturated carbocycles. The van der Waals surface area contributed by atoms with E-state index in [2.05, 4.69) is 26.1 Å². The van der Waals surface area contributed by atoms with Crippen molar-refractivity contribution in [1.29, 1.82) is 0 Å². The van der Waals surface area contributed by atoms with Gasteiger partial charge in [-0.3, -0.25) is 0 Å². The highest BCUT2D eigenvalue weighted by molar-refractivity contribution is 5.73. The van der Waals surface area contributed by atoms with Crippen molar-refractivity contribution in [3.05, 3.63) is 0 Å². The molecule has 1 atom stereocenters. The fraction of sp³-hybridized carbons (Fsp3) is 0.917. The summed E-state index contributed by atoms with van der Waals surface area (Å²) in [6, 6.07) is 0.176. The fourth-order valence-corrected chi connectivity index (χ4v) is 1.28. The number of carbonyl (C=O) groups excluding carboxylic acids is 1. The highest BCUT2D eigenvalue weighted by Gasteiger charge is 2.11. The lowest BCUT2D eigenvalue weighted by Crippen LogP contribution is -2.40. The van der Waals surface area contributed by atoms with Crippen molar-refractivity contribution in [2.75, 3.05) is 20.1 Å². The maximum Gasteiger partial charge on any atom is 0.317 e. The number of hydrogen-bond donors (Lipinski definition) is 2. The minimum Gasteiger partial charge on any atom is -0.338 e. The van der Waals surface area contributed by atoms with Gasteiger partial charge in [-0.25, -0.2) is 4.79 Å². The average molecular weight is 229 g/mol. The van der Waals surface area contributed by atoms with E-state index in [1.165, 1.54) is 0 Å². The van der Waals surface area contributed by atoms with Crippen LogP contribution in [0.5, 0.6) is 0 Å². The summed E-state index contributed by atoms with van der Waals surface area (Å²) in [5.74, 6) is 0.469. The Bertz CT molecular complexity index is 195. The molecule has 0 spiro atoms. The molecule has 0 aromatic heterocycles. The molecule has 1 unspecified atom stereocenters. The van der Waals surface area contributed by atoms with E-state index in [1.807, 2.05) is 7.05 Å². The number of nitrogens with one attached hydrogen (secondary N) is 1. The Morgan fingerprint density at radius 2 is 2.06 bits per heavy atom. The molecule has 0 saturated heterocycles. The lowest BCUT2D eigenvalue weighted by molar-refractivity contribution is 0.206. The first-order valence-corrected chi connectivity index (χ1v) is 6.23. The third kappa shape index (κ3) is 6.67. The van der Waals surface area contributed by atoms with Crippen molar-refractivity contribution in [3.8, 4) is 0 Å². The van der Waals surface area contributed by atoms with Gasteiger partial charge in [-0.05, 0) is 18.8 Å². The van der Waals surface area contributed by atoms with Gasteiger partial charge in [-0.15, -0.1) is 0 Å². The van der Waals surface area contributed by atoms with Crippen molar-refractivity contribution < 1.29 is 4.79 Å². The van der Waals surface area contributed by atoms with Crippen LogP contribution in [0.4, 0.5) is 4.79 Å². The second-order valence-electron chi connectivity index (χ2n) is 4.70. The summed E-state index contributed by atoms with van der Waals surface area (Å²) in [4.78, 5) is 13.3. The quantitative estimate of drug-likeness (QED) is 0.654. The molecule has 16 heavy (non-hydrogen) atoms. The number of unbranched alkanes of at least 4 members (excludes halogenated alkanes) is 1. The number of urea groups is 1. The molecule has 0 aliphatic rings. The van der Waals surface area contributed by atoms with Gasteiger partial charge >= 0.3 is 6.03 Å². The van der Waals surface area contributed by atoms with Crippen LogP contribution in [0.2, 0.25) is 0 Å². The van der Waals surface area contributed by atoms with Crippen LogP contribution >= 0.6 is 0 Å². The van der Waals surface area contributed by atoms with Gasteiger partial charge in [0.25, 0.3) is 0 Å². The van der Waals surface area contributed by atoms with Crippen molar-refractivity contribution in [3.63, 3.8) is 0 Å². The van der Waals surface area contributed by atoms with E-state index in [-0.39, 0.29) is 12.1 Å². The van der Waals surface area contributed by atoms with E-state index in [9.17, 15) is 4.79 Å². The Kier molecular flexibility index (Phi) is 7.99. The average Bonchev–Trinajstić information content (AvgIpc) is 2.25. The molecule has 4 heteroatoms. The Morgan fingerprint density at radius 3 is 2.56 bits per heavy atom. The number of nitrogens with zero attached hydrogens (tertiary/aromatic N) is 1. The zero-order valence-electron chi connectivity index (χ0n) is 11.1. The van der Waals surface area contributed by atoms with Gasteiger partial charge in [0.1, 0.15) is 0 Å². The van der Waals surface area contributed by atoms with Crippen molar-refractivity contribution in [2.45, 2.75) is 46.1 Å². The zero-order chi connectivity index (χ0) is 12.6. The van der Waals surface area contributed by atoms with Crippen LogP contribution in [-0.4, -0.2) is 37.1 Å². The van der Waals surface area contributed by atoms with E-state index in [0.717, 1.165) is 32.4 Å². The van der Waals surface area contributed by atoms with Crippen LogP contribution in [0.1, 0.15) is 40.0 Å². The second kappa shape index (κ2) is 8.39. The fourth-order valence-electron chi connectivity index (χ4n) is 1.28. The largest absolute Gasteiger partial charge is 0.338 e. The molecule has 0 aliphatic heterocycles. The standard InChI is InChI=1S/C12H27N3O/c1-5-6-8-14-12(16)15(4)9-7-11(13)10(2)3/h10-11H,5-9,13H2,1-4H3,(H,14,16). The third-order valence-corrected chi connectivity index (χ3v) is 2.81. The number of amides is 2. The van der Waals surface area contributed by atoms with Gasteiger partial charge in [0.05, 0.1) is 0 Å². The second-order valence-corrected chi connectivity index (χ2v) is 4.70. The minimum absolute atomic E-state index is 0.00408. The van der Waals surface area contributed by atoms with E-state index in [0.29, 0.717) is 5.92 Å². The Labute approximate surface area is 99.6 Å². The molecule has 0 bridgehead atoms. The molecule has 96 valence electrons. The number of hydrogen-bond acceptors (Lipinski definition) is 2. The third-order valence-electron chi connectivity index (χ3n) is 2.81. The predicted octanol–water partition coefficient (Wildman–Crippen LogP) is 1.80. The van der Waals surface area contributed by atoms with Gasteiger partial charge in [-0.1, -0.05) is 27.2 Å². The minimum atomic E-state index is 0.00408. The molecule has 0 fully saturated rings. The highest BCUT2D eigenvalue weighted by Crippen LogP contribution is 2.03. The smallest absolute Gasteiger partial charge is 0.317 e. The molecule has 0 aromatic carbocycles. The van der Waals surface area contributed by atoms with Crippen LogP contribution < -0.4 is 11.1 Å². The molecule has 3 N–H and O–H groups in total. The van der Waals surface area contributed by atoms with Crippen LogP contribution in [0.25, 0.3) is 0 Å². The zero-order valence-corrected chi connectivity index (χ0v) is 11.1. The summed E-state index contributed by atoms with van der Waals surface area (Å²) in [5.41, 5.74) is 5.93. The van der Waals surface area contributed by atoms with Crippen LogP contribution in [0.3, 0.4) is 0 Å². The van der Waals surface area contributed by atoms with E-state index in [1.54, 1.807) is 4.90 Å². The predicted molar refractivity (Wildman–Crippen MR) is 68.4 cm³/mol. The highest BCUT2D eigenvalue weighted by atomic mass is 16.2. The van der Waals surface area contributed by atoms with Gasteiger partial charge in [-0.2, -0.15) is 0 Å². The van der Waals surface area contributed by atoms with Crippen molar-refractivity contribution in [2.24, 2.45) is 11.7 Å². The van der Waals surface area contributed by atoms with Crippen LogP contribution in [-0.2, 0) is 0 Å². The molecule has 0 heterocycles. The first-order valence-electron chi connectivity index (χ1n) is 6.23. The van der Waals surface area contributed by atoms with Gasteiger partial charge in [0.2, 0.25) is 0 Å². The monoisotopic (exact) mass is 229 g/mol. The number of nitrogens with two attached hydrogens (primary N) is 1. The summed E-state index contributed by atoms with van der Waals surface area (Å²) in [7, 11) is 1.81. The Morgan fingerprint density at radius 1 is 1.44 bits per heavy atom. The molecule has 0 aromatic rings. The van der Waals surface area contributed by atoms with Crippen molar-refractivity contribution >= 4 is 6.03 Å². The molecule has 4 nitrogen and oxygen atoms in total. The normalized spacial score (nSPS) is 12.6. The molecule has 0 radical (unpaired) electrons. The van der Waals surface area contributed by atoms with Crippen LogP contribution in [0.15, 0.2) is 0 Å². The summed E-state index contributed by atoms with van der Waals surface area (Å²) in [6.45, 7) is 7.79. The van der Waals surface area contributed by atoms with Gasteiger partial charge < -0.3 is 16.0 Å². The van der Waals surface area contributed by atoms with E-state index in [4.69, 9.17) is 5.73 Å². The molecular weight excluding hydrogens is 202 g/mol. The van der Waals surface area contributed by atoms with Crippen LogP contribution in [0, 0.1) is 5.92 Å². The summed E-state index contributed by atoms with van der Waals surface area (Å²) in [5, 5.41) is 2.88. The molecule has 2 amide bonds. The number of carbonyl (C=O) groups is 1. The van der Waals surface area contributed by atoms with Crippen molar-refractivity contribution in [1.82, 2.24) is 10.2 Å². The lowest BCUT2D eigenvalue weighted by atomic mass is 10.0. The maximum absolute atomic E-state index is 11.6. The maximum atomic E-state index is 11.6. The van der Waals surface area contributed by atoms with E-state index < -0.39 is 0 Å².